The van der Waals surface area contributed by atoms with E-state index in [1.165, 1.54) is 19.3 Å². The Labute approximate surface area is 114 Å². The summed E-state index contributed by atoms with van der Waals surface area (Å²) in [5.74, 6) is 6.50. The molecular weight excluding hydrogens is 244 g/mol. The average molecular weight is 268 g/mol. The minimum absolute atomic E-state index is 0.0507. The molecule has 0 aliphatic rings. The van der Waals surface area contributed by atoms with Gasteiger partial charge < -0.3 is 9.47 Å². The Kier molecular flexibility index (Phi) is 7.14. The van der Waals surface area contributed by atoms with Crippen molar-refractivity contribution in [2.24, 2.45) is 5.84 Å². The third-order valence-electron chi connectivity index (χ3n) is 3.03. The molecule has 0 aliphatic carbocycles. The number of ether oxygens (including phenoxy) is 2. The maximum absolute atomic E-state index is 5.61. The number of methoxy groups -OCH3 is 2. The Balaban J connectivity index is 2.73. The highest BCUT2D eigenvalue weighted by molar-refractivity contribution is 5.25. The predicted molar refractivity (Wildman–Crippen MR) is 74.0 cm³/mol. The van der Waals surface area contributed by atoms with E-state index in [0.717, 1.165) is 18.5 Å². The number of unbranched alkanes of at least 4 members (excludes halogenated alkanes) is 3. The van der Waals surface area contributed by atoms with E-state index in [9.17, 15) is 0 Å². The number of nitrogens with two attached hydrogens (primary N) is 1. The van der Waals surface area contributed by atoms with Gasteiger partial charge in [0, 0.05) is 0 Å². The fraction of sp³-hybridized carbons (Fsp3) is 0.692. The third kappa shape index (κ3) is 4.65. The van der Waals surface area contributed by atoms with Gasteiger partial charge in [0.15, 0.2) is 0 Å². The lowest BCUT2D eigenvalue weighted by atomic mass is 10.1. The molecule has 0 aliphatic heterocycles. The molecule has 6 heteroatoms. The second-order valence-electron chi connectivity index (χ2n) is 4.38. The molecule has 0 bridgehead atoms. The first-order valence-electron chi connectivity index (χ1n) is 6.67. The summed E-state index contributed by atoms with van der Waals surface area (Å²) in [6.07, 6.45) is 7.23. The monoisotopic (exact) mass is 268 g/mol. The molecule has 0 saturated heterocycles. The van der Waals surface area contributed by atoms with Gasteiger partial charge in [0.25, 0.3) is 0 Å². The highest BCUT2D eigenvalue weighted by Gasteiger charge is 2.18. The van der Waals surface area contributed by atoms with Gasteiger partial charge in [-0.05, 0) is 6.42 Å². The highest BCUT2D eigenvalue weighted by Crippen LogP contribution is 2.26. The molecule has 0 saturated carbocycles. The molecule has 0 fully saturated rings. The molecule has 3 N–H and O–H groups in total. The lowest BCUT2D eigenvalue weighted by Crippen LogP contribution is -2.29. The molecule has 6 nitrogen and oxygen atoms in total. The molecule has 1 unspecified atom stereocenters. The topological polar surface area (TPSA) is 82.3 Å². The van der Waals surface area contributed by atoms with Crippen LogP contribution in [0.4, 0.5) is 0 Å². The van der Waals surface area contributed by atoms with E-state index in [1.807, 2.05) is 0 Å². The summed E-state index contributed by atoms with van der Waals surface area (Å²) >= 11 is 0. The van der Waals surface area contributed by atoms with Crippen LogP contribution >= 0.6 is 0 Å². The number of nitrogens with one attached hydrogen (secondary N) is 1. The summed E-state index contributed by atoms with van der Waals surface area (Å²) in [5, 5.41) is 0. The van der Waals surface area contributed by atoms with Crippen molar-refractivity contribution in [3.05, 3.63) is 11.9 Å². The van der Waals surface area contributed by atoms with Gasteiger partial charge in [-0.2, -0.15) is 4.98 Å². The Bertz CT molecular complexity index is 374. The van der Waals surface area contributed by atoms with Crippen molar-refractivity contribution in [1.29, 1.82) is 0 Å². The lowest BCUT2D eigenvalue weighted by Gasteiger charge is -2.17. The number of nitrogens with zero attached hydrogens (tertiary/aromatic N) is 2. The zero-order chi connectivity index (χ0) is 14.1. The van der Waals surface area contributed by atoms with E-state index in [4.69, 9.17) is 15.3 Å². The molecule has 0 spiro atoms. The second kappa shape index (κ2) is 8.66. The van der Waals surface area contributed by atoms with Crippen LogP contribution < -0.4 is 20.7 Å². The number of hydrogen-bond acceptors (Lipinski definition) is 6. The molecule has 108 valence electrons. The lowest BCUT2D eigenvalue weighted by molar-refractivity contribution is 0.346. The first-order valence-corrected chi connectivity index (χ1v) is 6.67. The van der Waals surface area contributed by atoms with E-state index < -0.39 is 0 Å². The highest BCUT2D eigenvalue weighted by atomic mass is 16.5. The van der Waals surface area contributed by atoms with E-state index >= 15 is 0 Å². The fourth-order valence-corrected chi connectivity index (χ4v) is 1.93. The minimum atomic E-state index is -0.0507. The first kappa shape index (κ1) is 15.7. The van der Waals surface area contributed by atoms with Crippen molar-refractivity contribution in [2.45, 2.75) is 45.1 Å². The Morgan fingerprint density at radius 1 is 1.26 bits per heavy atom. The zero-order valence-corrected chi connectivity index (χ0v) is 12.0. The van der Waals surface area contributed by atoms with Gasteiger partial charge in [-0.3, -0.25) is 11.3 Å². The molecule has 19 heavy (non-hydrogen) atoms. The van der Waals surface area contributed by atoms with Crippen molar-refractivity contribution >= 4 is 0 Å². The van der Waals surface area contributed by atoms with Gasteiger partial charge >= 0.3 is 0 Å². The molecular formula is C13H24N4O2. The molecule has 0 aromatic carbocycles. The largest absolute Gasteiger partial charge is 0.480 e. The van der Waals surface area contributed by atoms with E-state index in [1.54, 1.807) is 20.4 Å². The van der Waals surface area contributed by atoms with Gasteiger partial charge in [0.1, 0.15) is 5.69 Å². The molecule has 0 radical (unpaired) electrons. The van der Waals surface area contributed by atoms with Crippen molar-refractivity contribution in [1.82, 2.24) is 15.4 Å². The van der Waals surface area contributed by atoms with Crippen molar-refractivity contribution in [3.63, 3.8) is 0 Å². The van der Waals surface area contributed by atoms with Gasteiger partial charge in [0.2, 0.25) is 11.8 Å². The minimum Gasteiger partial charge on any atom is -0.480 e. The van der Waals surface area contributed by atoms with Crippen LogP contribution in [0.3, 0.4) is 0 Å². The van der Waals surface area contributed by atoms with E-state index in [2.05, 4.69) is 22.3 Å². The summed E-state index contributed by atoms with van der Waals surface area (Å²) < 4.78 is 10.3. The smallest absolute Gasteiger partial charge is 0.240 e. The molecule has 1 aromatic heterocycles. The number of aromatic nitrogens is 2. The Morgan fingerprint density at radius 3 is 2.63 bits per heavy atom. The summed E-state index contributed by atoms with van der Waals surface area (Å²) in [4.78, 5) is 8.56. The standard InChI is InChI=1S/C13H24N4O2/c1-4-5-6-7-8-10(17-14)12-13(19-3)16-11(18-2)9-15-12/h9-10,17H,4-8,14H2,1-3H3. The summed E-state index contributed by atoms with van der Waals surface area (Å²) in [6, 6.07) is -0.0507. The average Bonchev–Trinajstić information content (AvgIpc) is 2.47. The van der Waals surface area contributed by atoms with Crippen LogP contribution in [0.15, 0.2) is 6.20 Å². The normalized spacial score (nSPS) is 12.2. The van der Waals surface area contributed by atoms with Crippen LogP contribution in [0.2, 0.25) is 0 Å². The maximum atomic E-state index is 5.61. The molecule has 1 atom stereocenters. The van der Waals surface area contributed by atoms with Crippen molar-refractivity contribution in [2.75, 3.05) is 14.2 Å². The van der Waals surface area contributed by atoms with Crippen LogP contribution in [-0.4, -0.2) is 24.2 Å². The van der Waals surface area contributed by atoms with Gasteiger partial charge in [-0.15, -0.1) is 0 Å². The summed E-state index contributed by atoms with van der Waals surface area (Å²) in [6.45, 7) is 2.19. The molecule has 1 heterocycles. The maximum Gasteiger partial charge on any atom is 0.240 e. The van der Waals surface area contributed by atoms with Crippen LogP contribution in [-0.2, 0) is 0 Å². The quantitative estimate of drug-likeness (QED) is 0.405. The fourth-order valence-electron chi connectivity index (χ4n) is 1.93. The molecule has 1 rings (SSSR count). The van der Waals surface area contributed by atoms with Crippen molar-refractivity contribution < 1.29 is 9.47 Å². The van der Waals surface area contributed by atoms with E-state index in [-0.39, 0.29) is 6.04 Å². The van der Waals surface area contributed by atoms with Crippen LogP contribution in [0.5, 0.6) is 11.8 Å². The Hall–Kier alpha value is -1.40. The number of hydrazine groups is 1. The van der Waals surface area contributed by atoms with Crippen molar-refractivity contribution in [3.8, 4) is 11.8 Å². The van der Waals surface area contributed by atoms with Crippen LogP contribution in [0.25, 0.3) is 0 Å². The van der Waals surface area contributed by atoms with Gasteiger partial charge in [-0.25, -0.2) is 4.98 Å². The van der Waals surface area contributed by atoms with Crippen LogP contribution in [0, 0.1) is 0 Å². The third-order valence-corrected chi connectivity index (χ3v) is 3.03. The number of rotatable bonds is 9. The van der Waals surface area contributed by atoms with Gasteiger partial charge in [-0.1, -0.05) is 32.6 Å². The summed E-state index contributed by atoms with van der Waals surface area (Å²) in [7, 11) is 3.12. The first-order chi connectivity index (χ1) is 9.26. The SMILES string of the molecule is CCCCCCC(NN)c1ncc(OC)nc1OC. The summed E-state index contributed by atoms with van der Waals surface area (Å²) in [5.41, 5.74) is 3.51. The Morgan fingerprint density at radius 2 is 2.05 bits per heavy atom. The second-order valence-corrected chi connectivity index (χ2v) is 4.38. The predicted octanol–water partition coefficient (Wildman–Crippen LogP) is 1.97. The molecule has 1 aromatic rings. The zero-order valence-electron chi connectivity index (χ0n) is 12.0. The van der Waals surface area contributed by atoms with Gasteiger partial charge in [0.05, 0.1) is 26.5 Å². The van der Waals surface area contributed by atoms with E-state index in [0.29, 0.717) is 11.8 Å². The number of hydrogen-bond donors (Lipinski definition) is 2. The molecule has 0 amide bonds. The van der Waals surface area contributed by atoms with Crippen LogP contribution in [0.1, 0.15) is 50.8 Å².